The number of benzene rings is 1. The highest BCUT2D eigenvalue weighted by Gasteiger charge is 2.31. The van der Waals surface area contributed by atoms with Gasteiger partial charge in [0.25, 0.3) is 5.56 Å². The van der Waals surface area contributed by atoms with E-state index in [1.807, 2.05) is 0 Å². The fraction of sp³-hybridized carbons (Fsp3) is 0.125. The lowest BCUT2D eigenvalue weighted by atomic mass is 10.1. The SMILES string of the molecule is Cn1cc(-c2cn(-c3ccc(OC(F)(F)F)cc3)c(=O)cc2N)cn1. The molecular formula is C16H13F3N4O2. The summed E-state index contributed by atoms with van der Waals surface area (Å²) in [7, 11) is 1.75. The van der Waals surface area contributed by atoms with Gasteiger partial charge in [-0.25, -0.2) is 0 Å². The lowest BCUT2D eigenvalue weighted by molar-refractivity contribution is -0.274. The van der Waals surface area contributed by atoms with Crippen molar-refractivity contribution in [2.24, 2.45) is 7.05 Å². The van der Waals surface area contributed by atoms with Crippen molar-refractivity contribution >= 4 is 5.69 Å². The fourth-order valence-corrected chi connectivity index (χ4v) is 2.36. The van der Waals surface area contributed by atoms with Crippen LogP contribution in [0.1, 0.15) is 0 Å². The van der Waals surface area contributed by atoms with E-state index in [2.05, 4.69) is 9.84 Å². The standard InChI is InChI=1S/C16H13F3N4O2/c1-22-8-10(7-21-22)13-9-23(15(24)6-14(13)20)11-2-4-12(5-3-11)25-16(17,18)19/h2-9H,20H2,1H3. The van der Waals surface area contributed by atoms with Crippen LogP contribution in [0.25, 0.3) is 16.8 Å². The molecule has 0 fully saturated rings. The maximum atomic E-state index is 12.2. The van der Waals surface area contributed by atoms with E-state index in [1.54, 1.807) is 24.1 Å². The zero-order valence-corrected chi connectivity index (χ0v) is 13.0. The van der Waals surface area contributed by atoms with Gasteiger partial charge in [0.2, 0.25) is 0 Å². The van der Waals surface area contributed by atoms with Crippen LogP contribution in [0, 0.1) is 0 Å². The zero-order chi connectivity index (χ0) is 18.2. The fourth-order valence-electron chi connectivity index (χ4n) is 2.36. The van der Waals surface area contributed by atoms with Gasteiger partial charge >= 0.3 is 6.36 Å². The lowest BCUT2D eigenvalue weighted by Crippen LogP contribution is -2.19. The summed E-state index contributed by atoms with van der Waals surface area (Å²) in [6.45, 7) is 0. The van der Waals surface area contributed by atoms with Crippen LogP contribution in [0.3, 0.4) is 0 Å². The zero-order valence-electron chi connectivity index (χ0n) is 13.0. The van der Waals surface area contributed by atoms with Crippen LogP contribution in [0.5, 0.6) is 5.75 Å². The van der Waals surface area contributed by atoms with Gasteiger partial charge in [-0.05, 0) is 24.3 Å². The minimum Gasteiger partial charge on any atom is -0.406 e. The van der Waals surface area contributed by atoms with E-state index in [9.17, 15) is 18.0 Å². The first-order valence-corrected chi connectivity index (χ1v) is 7.10. The van der Waals surface area contributed by atoms with E-state index < -0.39 is 11.9 Å². The van der Waals surface area contributed by atoms with Crippen LogP contribution in [0.4, 0.5) is 18.9 Å². The molecule has 0 aliphatic carbocycles. The van der Waals surface area contributed by atoms with Crippen LogP contribution in [0.2, 0.25) is 0 Å². The number of nitrogens with two attached hydrogens (primary N) is 1. The first kappa shape index (κ1) is 16.6. The van der Waals surface area contributed by atoms with Gasteiger partial charge in [0.05, 0.1) is 6.20 Å². The number of anilines is 1. The summed E-state index contributed by atoms with van der Waals surface area (Å²) in [4.78, 5) is 12.2. The Bertz CT molecular complexity index is 959. The van der Waals surface area contributed by atoms with E-state index in [4.69, 9.17) is 5.73 Å². The molecule has 9 heteroatoms. The van der Waals surface area contributed by atoms with Gasteiger partial charge < -0.3 is 10.5 Å². The third-order valence-corrected chi connectivity index (χ3v) is 3.45. The minimum absolute atomic E-state index is 0.284. The highest BCUT2D eigenvalue weighted by atomic mass is 19.4. The molecule has 6 nitrogen and oxygen atoms in total. The number of pyridine rings is 1. The number of nitrogen functional groups attached to an aromatic ring is 1. The Labute approximate surface area is 139 Å². The summed E-state index contributed by atoms with van der Waals surface area (Å²) in [5.41, 5.74) is 7.46. The molecule has 0 atom stereocenters. The first-order chi connectivity index (χ1) is 11.7. The molecule has 0 aliphatic heterocycles. The molecular weight excluding hydrogens is 337 g/mol. The van der Waals surface area contributed by atoms with Gasteiger partial charge in [-0.15, -0.1) is 13.2 Å². The predicted octanol–water partition coefficient (Wildman–Crippen LogP) is 2.72. The van der Waals surface area contributed by atoms with Crippen molar-refractivity contribution in [3.63, 3.8) is 0 Å². The van der Waals surface area contributed by atoms with Crippen molar-refractivity contribution in [2.45, 2.75) is 6.36 Å². The van der Waals surface area contributed by atoms with Crippen molar-refractivity contribution in [1.29, 1.82) is 0 Å². The Kier molecular flexibility index (Phi) is 3.99. The molecule has 130 valence electrons. The monoisotopic (exact) mass is 350 g/mol. The van der Waals surface area contributed by atoms with Gasteiger partial charge in [0.15, 0.2) is 0 Å². The summed E-state index contributed by atoms with van der Waals surface area (Å²) in [5, 5.41) is 4.06. The van der Waals surface area contributed by atoms with Crippen molar-refractivity contribution in [3.8, 4) is 22.6 Å². The second kappa shape index (κ2) is 6.00. The van der Waals surface area contributed by atoms with Crippen molar-refractivity contribution in [1.82, 2.24) is 14.3 Å². The average molecular weight is 350 g/mol. The third-order valence-electron chi connectivity index (χ3n) is 3.45. The molecule has 25 heavy (non-hydrogen) atoms. The topological polar surface area (TPSA) is 75.1 Å². The van der Waals surface area contributed by atoms with Crippen molar-refractivity contribution < 1.29 is 17.9 Å². The molecule has 0 unspecified atom stereocenters. The number of alkyl halides is 3. The Hall–Kier alpha value is -3.23. The molecule has 0 spiro atoms. The van der Waals surface area contributed by atoms with Gasteiger partial charge in [-0.3, -0.25) is 14.0 Å². The number of aryl methyl sites for hydroxylation is 1. The summed E-state index contributed by atoms with van der Waals surface area (Å²) < 4.78 is 43.3. The maximum Gasteiger partial charge on any atom is 0.573 e. The molecule has 1 aromatic carbocycles. The van der Waals surface area contributed by atoms with Crippen molar-refractivity contribution in [2.75, 3.05) is 5.73 Å². The van der Waals surface area contributed by atoms with Crippen LogP contribution in [-0.4, -0.2) is 20.7 Å². The maximum absolute atomic E-state index is 12.2. The highest BCUT2D eigenvalue weighted by molar-refractivity contribution is 5.74. The van der Waals surface area contributed by atoms with E-state index in [1.165, 1.54) is 29.0 Å². The number of halogens is 3. The summed E-state index contributed by atoms with van der Waals surface area (Å²) in [5.74, 6) is -0.368. The molecule has 0 aliphatic rings. The van der Waals surface area contributed by atoms with Crippen LogP contribution < -0.4 is 16.0 Å². The third kappa shape index (κ3) is 3.65. The predicted molar refractivity (Wildman–Crippen MR) is 85.3 cm³/mol. The average Bonchev–Trinajstić information content (AvgIpc) is 2.93. The molecule has 2 N–H and O–H groups in total. The highest BCUT2D eigenvalue weighted by Crippen LogP contribution is 2.26. The molecule has 0 saturated heterocycles. The van der Waals surface area contributed by atoms with E-state index in [0.29, 0.717) is 16.8 Å². The van der Waals surface area contributed by atoms with E-state index in [-0.39, 0.29) is 11.4 Å². The van der Waals surface area contributed by atoms with Crippen LogP contribution >= 0.6 is 0 Å². The van der Waals surface area contributed by atoms with E-state index in [0.717, 1.165) is 12.1 Å². The molecule has 3 rings (SSSR count). The Balaban J connectivity index is 2.01. The number of ether oxygens (including phenoxy) is 1. The number of hydrogen-bond donors (Lipinski definition) is 1. The Morgan fingerprint density at radius 2 is 1.84 bits per heavy atom. The quantitative estimate of drug-likeness (QED) is 0.788. The molecule has 0 bridgehead atoms. The smallest absolute Gasteiger partial charge is 0.406 e. The molecule has 0 radical (unpaired) electrons. The van der Waals surface area contributed by atoms with Crippen LogP contribution in [0.15, 0.2) is 53.7 Å². The number of hydrogen-bond acceptors (Lipinski definition) is 4. The summed E-state index contributed by atoms with van der Waals surface area (Å²) in [6, 6.07) is 6.23. The summed E-state index contributed by atoms with van der Waals surface area (Å²) in [6.07, 6.45) is 0.0862. The number of nitrogens with zero attached hydrogens (tertiary/aromatic N) is 3. The second-order valence-corrected chi connectivity index (χ2v) is 5.30. The van der Waals surface area contributed by atoms with Crippen molar-refractivity contribution in [3.05, 3.63) is 59.3 Å². The summed E-state index contributed by atoms with van der Waals surface area (Å²) >= 11 is 0. The van der Waals surface area contributed by atoms with Crippen LogP contribution in [-0.2, 0) is 7.05 Å². The lowest BCUT2D eigenvalue weighted by Gasteiger charge is -2.12. The van der Waals surface area contributed by atoms with Gasteiger partial charge in [-0.2, -0.15) is 5.10 Å². The second-order valence-electron chi connectivity index (χ2n) is 5.30. The number of rotatable bonds is 3. The number of aromatic nitrogens is 3. The Morgan fingerprint density at radius 3 is 2.40 bits per heavy atom. The molecule has 0 amide bonds. The molecule has 2 aromatic heterocycles. The normalized spacial score (nSPS) is 11.5. The van der Waals surface area contributed by atoms with Gasteiger partial charge in [0.1, 0.15) is 5.75 Å². The largest absolute Gasteiger partial charge is 0.573 e. The first-order valence-electron chi connectivity index (χ1n) is 7.10. The Morgan fingerprint density at radius 1 is 1.16 bits per heavy atom. The molecule has 0 saturated carbocycles. The minimum atomic E-state index is -4.77. The molecule has 3 aromatic rings. The van der Waals surface area contributed by atoms with Gasteiger partial charge in [0, 0.05) is 48.0 Å². The molecule has 2 heterocycles. The van der Waals surface area contributed by atoms with Gasteiger partial charge in [-0.1, -0.05) is 0 Å². The van der Waals surface area contributed by atoms with E-state index >= 15 is 0 Å².